The van der Waals surface area contributed by atoms with Gasteiger partial charge >= 0.3 is 0 Å². The number of para-hydroxylation sites is 1. The van der Waals surface area contributed by atoms with Gasteiger partial charge in [-0.2, -0.15) is 5.10 Å². The van der Waals surface area contributed by atoms with Gasteiger partial charge in [0.15, 0.2) is 9.84 Å². The molecule has 0 fully saturated rings. The van der Waals surface area contributed by atoms with Gasteiger partial charge in [-0.05, 0) is 36.8 Å². The van der Waals surface area contributed by atoms with E-state index < -0.39 is 15.8 Å². The van der Waals surface area contributed by atoms with Crippen LogP contribution in [0, 0.1) is 12.7 Å². The highest BCUT2D eigenvalue weighted by molar-refractivity contribution is 7.95. The molecule has 28 heavy (non-hydrogen) atoms. The standard InChI is InChI=1S/C21H18FN3O2S/c1-13-18-19(14-7-9-15(22)10-8-14)20-17(11-12-28(20,26)27)23-21(18)25(24-13)16-5-3-2-4-6-16/h2-10,19,23H,11-12H2,1H3. The molecule has 0 saturated heterocycles. The molecule has 5 nitrogen and oxygen atoms in total. The van der Waals surface area contributed by atoms with Gasteiger partial charge in [-0.3, -0.25) is 0 Å². The van der Waals surface area contributed by atoms with Crippen LogP contribution in [0.4, 0.5) is 10.2 Å². The Morgan fingerprint density at radius 1 is 1.11 bits per heavy atom. The second-order valence-electron chi connectivity index (χ2n) is 7.12. The smallest absolute Gasteiger partial charge is 0.177 e. The van der Waals surface area contributed by atoms with Crippen LogP contribution in [0.3, 0.4) is 0 Å². The van der Waals surface area contributed by atoms with Crippen LogP contribution in [0.25, 0.3) is 5.69 Å². The zero-order chi connectivity index (χ0) is 19.5. The Morgan fingerprint density at radius 3 is 2.54 bits per heavy atom. The van der Waals surface area contributed by atoms with Gasteiger partial charge in [0.25, 0.3) is 0 Å². The van der Waals surface area contributed by atoms with Crippen LogP contribution in [0.15, 0.2) is 65.2 Å². The molecule has 2 aromatic carbocycles. The van der Waals surface area contributed by atoms with Crippen molar-refractivity contribution in [3.63, 3.8) is 0 Å². The zero-order valence-electron chi connectivity index (χ0n) is 15.2. The average molecular weight is 395 g/mol. The number of aryl methyl sites for hydroxylation is 1. The number of nitrogens with zero attached hydrogens (tertiary/aromatic N) is 2. The summed E-state index contributed by atoms with van der Waals surface area (Å²) in [7, 11) is -3.38. The van der Waals surface area contributed by atoms with E-state index in [0.717, 1.165) is 28.3 Å². The van der Waals surface area contributed by atoms with E-state index in [9.17, 15) is 12.8 Å². The fourth-order valence-electron chi connectivity index (χ4n) is 4.14. The summed E-state index contributed by atoms with van der Waals surface area (Å²) in [5.41, 5.74) is 3.91. The highest BCUT2D eigenvalue weighted by Crippen LogP contribution is 2.49. The molecule has 0 radical (unpaired) electrons. The Morgan fingerprint density at radius 2 is 1.82 bits per heavy atom. The number of fused-ring (bicyclic) bond motifs is 1. The van der Waals surface area contributed by atoms with Gasteiger partial charge < -0.3 is 5.32 Å². The molecule has 0 aliphatic carbocycles. The minimum absolute atomic E-state index is 0.0877. The molecule has 2 aliphatic rings. The minimum atomic E-state index is -3.38. The lowest BCUT2D eigenvalue weighted by Crippen LogP contribution is -2.20. The molecule has 142 valence electrons. The zero-order valence-corrected chi connectivity index (χ0v) is 16.0. The van der Waals surface area contributed by atoms with Crippen molar-refractivity contribution in [2.45, 2.75) is 19.3 Å². The third-order valence-corrected chi connectivity index (χ3v) is 7.28. The molecule has 1 N–H and O–H groups in total. The van der Waals surface area contributed by atoms with Gasteiger partial charge in [0.1, 0.15) is 11.6 Å². The largest absolute Gasteiger partial charge is 0.342 e. The maximum absolute atomic E-state index is 13.5. The van der Waals surface area contributed by atoms with Crippen LogP contribution in [-0.2, 0) is 9.84 Å². The summed E-state index contributed by atoms with van der Waals surface area (Å²) in [5, 5.41) is 8.03. The van der Waals surface area contributed by atoms with Crippen LogP contribution >= 0.6 is 0 Å². The van der Waals surface area contributed by atoms with E-state index in [1.165, 1.54) is 12.1 Å². The predicted molar refractivity (Wildman–Crippen MR) is 106 cm³/mol. The second-order valence-corrected chi connectivity index (χ2v) is 9.19. The summed E-state index contributed by atoms with van der Waals surface area (Å²) in [6.45, 7) is 1.88. The van der Waals surface area contributed by atoms with Gasteiger partial charge in [0, 0.05) is 17.7 Å². The van der Waals surface area contributed by atoms with Gasteiger partial charge in [-0.25, -0.2) is 17.5 Å². The van der Waals surface area contributed by atoms with E-state index in [0.29, 0.717) is 17.0 Å². The molecule has 3 aromatic rings. The Balaban J connectivity index is 1.78. The summed E-state index contributed by atoms with van der Waals surface area (Å²) >= 11 is 0. The number of hydrogen-bond acceptors (Lipinski definition) is 4. The first-order chi connectivity index (χ1) is 13.5. The minimum Gasteiger partial charge on any atom is -0.342 e. The van der Waals surface area contributed by atoms with E-state index in [1.807, 2.05) is 41.9 Å². The highest BCUT2D eigenvalue weighted by Gasteiger charge is 2.43. The fraction of sp³-hybridized carbons (Fsp3) is 0.190. The molecule has 3 heterocycles. The topological polar surface area (TPSA) is 64.0 Å². The first-order valence-electron chi connectivity index (χ1n) is 9.09. The maximum atomic E-state index is 13.5. The average Bonchev–Trinajstić information content (AvgIpc) is 3.19. The molecule has 7 heteroatoms. The maximum Gasteiger partial charge on any atom is 0.177 e. The van der Waals surface area contributed by atoms with E-state index >= 15 is 0 Å². The molecular formula is C21H18FN3O2S. The Kier molecular flexibility index (Phi) is 3.71. The van der Waals surface area contributed by atoms with Gasteiger partial charge in [0.05, 0.1) is 28.0 Å². The lowest BCUT2D eigenvalue weighted by atomic mass is 9.87. The number of rotatable bonds is 2. The molecule has 0 amide bonds. The molecule has 0 spiro atoms. The summed E-state index contributed by atoms with van der Waals surface area (Å²) < 4.78 is 41.0. The molecule has 1 aromatic heterocycles. The molecular weight excluding hydrogens is 377 g/mol. The number of nitrogens with one attached hydrogen (secondary N) is 1. The van der Waals surface area contributed by atoms with E-state index in [2.05, 4.69) is 10.4 Å². The van der Waals surface area contributed by atoms with Crippen molar-refractivity contribution in [1.29, 1.82) is 0 Å². The molecule has 1 atom stereocenters. The third-order valence-electron chi connectivity index (χ3n) is 5.38. The number of sulfone groups is 1. The van der Waals surface area contributed by atoms with E-state index in [1.54, 1.807) is 12.1 Å². The van der Waals surface area contributed by atoms with Crippen LogP contribution in [0.1, 0.15) is 29.2 Å². The first kappa shape index (κ1) is 17.2. The number of anilines is 1. The summed E-state index contributed by atoms with van der Waals surface area (Å²) in [6, 6.07) is 15.8. The third kappa shape index (κ3) is 2.50. The first-order valence-corrected chi connectivity index (χ1v) is 10.7. The summed E-state index contributed by atoms with van der Waals surface area (Å²) in [5.74, 6) is 0.0218. The van der Waals surface area contributed by atoms with Crippen molar-refractivity contribution in [3.8, 4) is 5.69 Å². The van der Waals surface area contributed by atoms with Crippen molar-refractivity contribution in [2.24, 2.45) is 0 Å². The fourth-order valence-corrected chi connectivity index (χ4v) is 5.98. The van der Waals surface area contributed by atoms with Crippen molar-refractivity contribution >= 4 is 15.7 Å². The van der Waals surface area contributed by atoms with Crippen LogP contribution in [0.5, 0.6) is 0 Å². The van der Waals surface area contributed by atoms with Gasteiger partial charge in [-0.1, -0.05) is 30.3 Å². The van der Waals surface area contributed by atoms with Crippen LogP contribution in [0.2, 0.25) is 0 Å². The van der Waals surface area contributed by atoms with Crippen LogP contribution in [-0.4, -0.2) is 24.0 Å². The lowest BCUT2D eigenvalue weighted by Gasteiger charge is -2.27. The van der Waals surface area contributed by atoms with Crippen LogP contribution < -0.4 is 5.32 Å². The molecule has 0 saturated carbocycles. The van der Waals surface area contributed by atoms with Crippen molar-refractivity contribution < 1.29 is 12.8 Å². The van der Waals surface area contributed by atoms with Crippen molar-refractivity contribution in [3.05, 3.63) is 87.8 Å². The number of allylic oxidation sites excluding steroid dienone is 2. The quantitative estimate of drug-likeness (QED) is 0.715. The second kappa shape index (κ2) is 6.04. The molecule has 1 unspecified atom stereocenters. The Hall–Kier alpha value is -2.93. The molecule has 2 aliphatic heterocycles. The molecule has 0 bridgehead atoms. The highest BCUT2D eigenvalue weighted by atomic mass is 32.2. The Bertz CT molecular complexity index is 1210. The van der Waals surface area contributed by atoms with Gasteiger partial charge in [-0.15, -0.1) is 0 Å². The normalized spacial score (nSPS) is 19.9. The van der Waals surface area contributed by atoms with Gasteiger partial charge in [0.2, 0.25) is 0 Å². The van der Waals surface area contributed by atoms with Crippen molar-refractivity contribution in [2.75, 3.05) is 11.1 Å². The summed E-state index contributed by atoms with van der Waals surface area (Å²) in [4.78, 5) is 0.391. The predicted octanol–water partition coefficient (Wildman–Crippen LogP) is 3.91. The monoisotopic (exact) mass is 395 g/mol. The lowest BCUT2D eigenvalue weighted by molar-refractivity contribution is 0.602. The number of halogens is 1. The van der Waals surface area contributed by atoms with E-state index in [-0.39, 0.29) is 11.6 Å². The number of benzene rings is 2. The summed E-state index contributed by atoms with van der Waals surface area (Å²) in [6.07, 6.45) is 0.438. The Labute approximate surface area is 162 Å². The number of hydrogen-bond donors (Lipinski definition) is 1. The SMILES string of the molecule is Cc1nn(-c2ccccc2)c2c1C(c1ccc(F)cc1)C1=C(CCS1(=O)=O)N2. The van der Waals surface area contributed by atoms with E-state index in [4.69, 9.17) is 0 Å². The number of aromatic nitrogens is 2. The molecule has 5 rings (SSSR count). The van der Waals surface area contributed by atoms with Crippen molar-refractivity contribution in [1.82, 2.24) is 9.78 Å².